The largest absolute Gasteiger partial charge is 0.0810 e. The summed E-state index contributed by atoms with van der Waals surface area (Å²) < 4.78 is 0. The molecule has 0 heterocycles. The molecule has 38 heavy (non-hydrogen) atoms. The Balaban J connectivity index is 1.40. The van der Waals surface area contributed by atoms with Crippen molar-refractivity contribution in [2.75, 3.05) is 0 Å². The normalized spacial score (nSPS) is 18.4. The predicted molar refractivity (Wildman–Crippen MR) is 163 cm³/mol. The van der Waals surface area contributed by atoms with E-state index in [2.05, 4.69) is 133 Å². The molecule has 0 nitrogen and oxygen atoms in total. The first-order valence-corrected chi connectivity index (χ1v) is 13.8. The molecular formula is C38H28. The van der Waals surface area contributed by atoms with Crippen LogP contribution in [0.25, 0.3) is 60.1 Å². The van der Waals surface area contributed by atoms with Crippen LogP contribution in [0.3, 0.4) is 0 Å². The van der Waals surface area contributed by atoms with Gasteiger partial charge in [-0.3, -0.25) is 0 Å². The fraction of sp³-hybridized carbons (Fsp3) is 0.105. The predicted octanol–water partition coefficient (Wildman–Crippen LogP) is 10.5. The summed E-state index contributed by atoms with van der Waals surface area (Å²) in [7, 11) is 0. The molecule has 0 heteroatoms. The van der Waals surface area contributed by atoms with E-state index in [1.54, 1.807) is 0 Å². The molecule has 0 radical (unpaired) electrons. The number of hydrogen-bond acceptors (Lipinski definition) is 0. The molecule has 2 bridgehead atoms. The zero-order valence-electron chi connectivity index (χ0n) is 21.3. The first kappa shape index (κ1) is 21.6. The summed E-state index contributed by atoms with van der Waals surface area (Å²) in [5, 5.41) is 7.79. The first-order valence-electron chi connectivity index (χ1n) is 13.8. The molecule has 3 aliphatic carbocycles. The summed E-state index contributed by atoms with van der Waals surface area (Å²) in [6.45, 7) is 0. The van der Waals surface area contributed by atoms with Crippen LogP contribution in [-0.2, 0) is 0 Å². The number of rotatable bonds is 3. The third kappa shape index (κ3) is 3.37. The minimum atomic E-state index is 0.555. The highest BCUT2D eigenvalue weighted by molar-refractivity contribution is 6.21. The van der Waals surface area contributed by atoms with Crippen molar-refractivity contribution in [2.24, 2.45) is 11.8 Å². The fourth-order valence-corrected chi connectivity index (χ4v) is 6.85. The van der Waals surface area contributed by atoms with Gasteiger partial charge in [0, 0.05) is 5.92 Å². The van der Waals surface area contributed by atoms with Gasteiger partial charge in [-0.15, -0.1) is 0 Å². The van der Waals surface area contributed by atoms with Crippen molar-refractivity contribution in [1.82, 2.24) is 0 Å². The topological polar surface area (TPSA) is 0 Å². The van der Waals surface area contributed by atoms with Gasteiger partial charge in [-0.2, -0.15) is 0 Å². The molecule has 9 rings (SSSR count). The van der Waals surface area contributed by atoms with Crippen molar-refractivity contribution in [3.8, 4) is 22.3 Å². The molecular weight excluding hydrogens is 456 g/mol. The first-order chi connectivity index (χ1) is 18.8. The van der Waals surface area contributed by atoms with Crippen LogP contribution in [0.5, 0.6) is 0 Å². The van der Waals surface area contributed by atoms with Crippen LogP contribution >= 0.6 is 0 Å². The van der Waals surface area contributed by atoms with Gasteiger partial charge < -0.3 is 0 Å². The SMILES string of the molecule is C1=CC2CCC1C=C2c1cccc(-c2c3ccccc3c(-c3ccc4ccccc4c3)c3ccccc23)c1. The van der Waals surface area contributed by atoms with Crippen LogP contribution in [0.4, 0.5) is 0 Å². The second-order valence-electron chi connectivity index (χ2n) is 10.8. The lowest BCUT2D eigenvalue weighted by Gasteiger charge is -2.31. The highest BCUT2D eigenvalue weighted by Gasteiger charge is 2.25. The van der Waals surface area contributed by atoms with Crippen LogP contribution < -0.4 is 0 Å². The minimum absolute atomic E-state index is 0.555. The van der Waals surface area contributed by atoms with Gasteiger partial charge in [0.2, 0.25) is 0 Å². The van der Waals surface area contributed by atoms with Gasteiger partial charge in [0.25, 0.3) is 0 Å². The summed E-state index contributed by atoms with van der Waals surface area (Å²) in [5.74, 6) is 1.15. The Morgan fingerprint density at radius 2 is 1.05 bits per heavy atom. The average molecular weight is 485 g/mol. The zero-order chi connectivity index (χ0) is 25.1. The van der Waals surface area contributed by atoms with Crippen molar-refractivity contribution in [2.45, 2.75) is 12.8 Å². The highest BCUT2D eigenvalue weighted by atomic mass is 14.3. The molecule has 0 amide bonds. The zero-order valence-corrected chi connectivity index (χ0v) is 21.3. The van der Waals surface area contributed by atoms with E-state index in [1.807, 2.05) is 0 Å². The van der Waals surface area contributed by atoms with E-state index in [9.17, 15) is 0 Å². The fourth-order valence-electron chi connectivity index (χ4n) is 6.85. The lowest BCUT2D eigenvalue weighted by atomic mass is 9.74. The van der Waals surface area contributed by atoms with Crippen molar-refractivity contribution in [1.29, 1.82) is 0 Å². The Labute approximate surface area is 223 Å². The second-order valence-corrected chi connectivity index (χ2v) is 10.8. The number of fused-ring (bicyclic) bond motifs is 4. The highest BCUT2D eigenvalue weighted by Crippen LogP contribution is 2.46. The molecule has 6 aromatic rings. The monoisotopic (exact) mass is 484 g/mol. The average Bonchev–Trinajstić information content (AvgIpc) is 3.00. The van der Waals surface area contributed by atoms with Crippen molar-refractivity contribution in [3.63, 3.8) is 0 Å². The Hall–Kier alpha value is -4.42. The van der Waals surface area contributed by atoms with Crippen LogP contribution in [-0.4, -0.2) is 0 Å². The lowest BCUT2D eigenvalue weighted by molar-refractivity contribution is 0.543. The maximum Gasteiger partial charge on any atom is 0.00215 e. The molecule has 0 aliphatic heterocycles. The van der Waals surface area contributed by atoms with Gasteiger partial charge in [-0.1, -0.05) is 121 Å². The molecule has 0 saturated heterocycles. The van der Waals surface area contributed by atoms with Gasteiger partial charge >= 0.3 is 0 Å². The van der Waals surface area contributed by atoms with E-state index in [0.717, 1.165) is 0 Å². The molecule has 3 aliphatic rings. The van der Waals surface area contributed by atoms with Gasteiger partial charge in [0.15, 0.2) is 0 Å². The van der Waals surface area contributed by atoms with Crippen LogP contribution in [0.1, 0.15) is 18.4 Å². The van der Waals surface area contributed by atoms with Crippen LogP contribution in [0, 0.1) is 11.8 Å². The number of allylic oxidation sites excluding steroid dienone is 4. The second kappa shape index (κ2) is 8.57. The van der Waals surface area contributed by atoms with Gasteiger partial charge in [0.05, 0.1) is 0 Å². The quantitative estimate of drug-likeness (QED) is 0.173. The molecule has 180 valence electrons. The summed E-state index contributed by atoms with van der Waals surface area (Å²) in [4.78, 5) is 0. The Kier molecular flexibility index (Phi) is 4.88. The molecule has 0 spiro atoms. The van der Waals surface area contributed by atoms with E-state index < -0.39 is 0 Å². The summed E-state index contributed by atoms with van der Waals surface area (Å²) in [6.07, 6.45) is 9.89. The third-order valence-corrected chi connectivity index (χ3v) is 8.65. The lowest BCUT2D eigenvalue weighted by Crippen LogP contribution is -2.16. The maximum atomic E-state index is 2.51. The third-order valence-electron chi connectivity index (χ3n) is 8.65. The van der Waals surface area contributed by atoms with Crippen LogP contribution in [0.15, 0.2) is 133 Å². The minimum Gasteiger partial charge on any atom is -0.0810 e. The van der Waals surface area contributed by atoms with E-state index in [0.29, 0.717) is 11.8 Å². The van der Waals surface area contributed by atoms with Gasteiger partial charge in [-0.05, 0) is 96.6 Å². The standard InChI is InChI=1S/C38H28/c1-2-9-28-23-31(21-20-26(28)8-1)38-34-14-5-3-12-32(34)37(33-13-4-6-15-35(33)38)30-11-7-10-29(24-30)36-22-25-16-18-27(36)19-17-25/h1-16,18,20-25,27H,17,19H2. The maximum absolute atomic E-state index is 2.51. The van der Waals surface area contributed by atoms with E-state index in [-0.39, 0.29) is 0 Å². The number of hydrogen-bond donors (Lipinski definition) is 0. The Bertz CT molecular complexity index is 1880. The molecule has 0 saturated carbocycles. The van der Waals surface area contributed by atoms with Crippen molar-refractivity contribution >= 4 is 37.9 Å². The van der Waals surface area contributed by atoms with Crippen LogP contribution in [0.2, 0.25) is 0 Å². The van der Waals surface area contributed by atoms with Gasteiger partial charge in [0.1, 0.15) is 0 Å². The number of benzene rings is 6. The van der Waals surface area contributed by atoms with E-state index >= 15 is 0 Å². The van der Waals surface area contributed by atoms with E-state index in [1.165, 1.54) is 78.5 Å². The molecule has 2 atom stereocenters. The summed E-state index contributed by atoms with van der Waals surface area (Å²) >= 11 is 0. The Morgan fingerprint density at radius 3 is 1.66 bits per heavy atom. The smallest absolute Gasteiger partial charge is 0.00215 e. The summed E-state index contributed by atoms with van der Waals surface area (Å²) in [6, 6.07) is 42.7. The molecule has 6 aromatic carbocycles. The Morgan fingerprint density at radius 1 is 0.447 bits per heavy atom. The van der Waals surface area contributed by atoms with E-state index in [4.69, 9.17) is 0 Å². The van der Waals surface area contributed by atoms with Gasteiger partial charge in [-0.25, -0.2) is 0 Å². The van der Waals surface area contributed by atoms with Crippen molar-refractivity contribution in [3.05, 3.63) is 139 Å². The molecule has 0 N–H and O–H groups in total. The van der Waals surface area contributed by atoms with Crippen molar-refractivity contribution < 1.29 is 0 Å². The molecule has 0 fully saturated rings. The molecule has 0 aromatic heterocycles. The molecule has 2 unspecified atom stereocenters. The summed E-state index contributed by atoms with van der Waals surface area (Å²) in [5.41, 5.74) is 8.09.